The summed E-state index contributed by atoms with van der Waals surface area (Å²) in [5.41, 5.74) is 6.15. The van der Waals surface area contributed by atoms with E-state index in [-0.39, 0.29) is 23.8 Å². The first-order valence-corrected chi connectivity index (χ1v) is 8.28. The van der Waals surface area contributed by atoms with Gasteiger partial charge in [-0.2, -0.15) is 0 Å². The average Bonchev–Trinajstić information content (AvgIpc) is 3.04. The number of carbonyl (C=O) groups is 2. The number of para-hydroxylation sites is 1. The van der Waals surface area contributed by atoms with Crippen LogP contribution in [0.3, 0.4) is 0 Å². The summed E-state index contributed by atoms with van der Waals surface area (Å²) in [6, 6.07) is 9.39. The van der Waals surface area contributed by atoms with Gasteiger partial charge in [0, 0.05) is 31.6 Å². The van der Waals surface area contributed by atoms with Crippen LogP contribution in [0, 0.1) is 0 Å². The highest BCUT2D eigenvalue weighted by Crippen LogP contribution is 2.26. The highest BCUT2D eigenvalue weighted by molar-refractivity contribution is 5.85. The van der Waals surface area contributed by atoms with Crippen LogP contribution in [0.1, 0.15) is 25.5 Å². The van der Waals surface area contributed by atoms with E-state index in [9.17, 15) is 9.59 Å². The lowest BCUT2D eigenvalue weighted by Gasteiger charge is -2.37. The van der Waals surface area contributed by atoms with Crippen LogP contribution in [0.2, 0.25) is 0 Å². The van der Waals surface area contributed by atoms with E-state index in [1.165, 1.54) is 0 Å². The van der Waals surface area contributed by atoms with E-state index in [1.54, 1.807) is 6.92 Å². The zero-order valence-electron chi connectivity index (χ0n) is 14.1. The summed E-state index contributed by atoms with van der Waals surface area (Å²) in [6.07, 6.45) is 0. The van der Waals surface area contributed by atoms with Gasteiger partial charge < -0.3 is 15.1 Å². The minimum Gasteiger partial charge on any atom is -0.460 e. The Hall–Kier alpha value is -2.34. The third-order valence-corrected chi connectivity index (χ3v) is 4.83. The lowest BCUT2D eigenvalue weighted by Crippen LogP contribution is -2.54. The first-order valence-electron chi connectivity index (χ1n) is 8.28. The van der Waals surface area contributed by atoms with E-state index in [4.69, 9.17) is 10.2 Å². The van der Waals surface area contributed by atoms with Crippen LogP contribution in [-0.2, 0) is 9.59 Å². The maximum absolute atomic E-state index is 12.7. The Kier molecular flexibility index (Phi) is 4.57. The number of benzene rings is 1. The standard InChI is InChI=1S/C18H23N3O3/c1-12(16-11-14-5-3-4-6-15(14)24-16)18(23)21-9-7-20(8-10-21)13(2)17(19)22/h3-6,11-13H,7-10H2,1-2H3,(H2,19,22)/t12-,13+/m0/s1. The van der Waals surface area contributed by atoms with Gasteiger partial charge in [-0.25, -0.2) is 0 Å². The van der Waals surface area contributed by atoms with Crippen LogP contribution < -0.4 is 5.73 Å². The largest absolute Gasteiger partial charge is 0.460 e. The maximum atomic E-state index is 12.7. The molecule has 0 aliphatic carbocycles. The summed E-state index contributed by atoms with van der Waals surface area (Å²) in [6.45, 7) is 6.18. The Bertz CT molecular complexity index is 714. The molecule has 2 N–H and O–H groups in total. The SMILES string of the molecule is C[C@H](C(=O)N1CCN([C@H](C)C(N)=O)CC1)c1cc2ccccc2o1. The summed E-state index contributed by atoms with van der Waals surface area (Å²) in [4.78, 5) is 27.9. The van der Waals surface area contributed by atoms with E-state index in [0.717, 1.165) is 11.0 Å². The van der Waals surface area contributed by atoms with Gasteiger partial charge in [0.2, 0.25) is 11.8 Å². The third kappa shape index (κ3) is 3.14. The number of hydrogen-bond acceptors (Lipinski definition) is 4. The minimum atomic E-state index is -0.328. The molecule has 1 fully saturated rings. The zero-order valence-corrected chi connectivity index (χ0v) is 14.1. The molecule has 1 aliphatic heterocycles. The van der Waals surface area contributed by atoms with Gasteiger partial charge >= 0.3 is 0 Å². The molecule has 0 unspecified atom stereocenters. The quantitative estimate of drug-likeness (QED) is 0.923. The molecule has 24 heavy (non-hydrogen) atoms. The van der Waals surface area contributed by atoms with E-state index >= 15 is 0 Å². The van der Waals surface area contributed by atoms with Gasteiger partial charge in [-0.1, -0.05) is 18.2 Å². The lowest BCUT2D eigenvalue weighted by molar-refractivity contribution is -0.135. The Balaban J connectivity index is 1.65. The molecule has 1 saturated heterocycles. The van der Waals surface area contributed by atoms with Crippen molar-refractivity contribution in [3.63, 3.8) is 0 Å². The molecule has 1 aromatic heterocycles. The molecular formula is C18H23N3O3. The highest BCUT2D eigenvalue weighted by Gasteiger charge is 2.30. The van der Waals surface area contributed by atoms with Crippen LogP contribution >= 0.6 is 0 Å². The molecule has 1 aromatic carbocycles. The molecule has 2 amide bonds. The number of primary amides is 1. The normalized spacial score (nSPS) is 18.5. The number of fused-ring (bicyclic) bond motifs is 1. The second kappa shape index (κ2) is 6.65. The van der Waals surface area contributed by atoms with Gasteiger partial charge in [0.15, 0.2) is 0 Å². The van der Waals surface area contributed by atoms with Crippen molar-refractivity contribution in [3.05, 3.63) is 36.1 Å². The van der Waals surface area contributed by atoms with E-state index < -0.39 is 0 Å². The van der Waals surface area contributed by atoms with E-state index in [0.29, 0.717) is 31.9 Å². The van der Waals surface area contributed by atoms with Crippen LogP contribution in [0.5, 0.6) is 0 Å². The first-order chi connectivity index (χ1) is 11.5. The summed E-state index contributed by atoms with van der Waals surface area (Å²) in [7, 11) is 0. The fourth-order valence-electron chi connectivity index (χ4n) is 3.12. The molecule has 3 rings (SSSR count). The molecule has 0 radical (unpaired) electrons. The molecule has 0 saturated carbocycles. The van der Waals surface area contributed by atoms with E-state index in [2.05, 4.69) is 0 Å². The third-order valence-electron chi connectivity index (χ3n) is 4.83. The molecule has 0 spiro atoms. The summed E-state index contributed by atoms with van der Waals surface area (Å²) >= 11 is 0. The molecule has 6 heteroatoms. The number of hydrogen-bond donors (Lipinski definition) is 1. The number of nitrogens with two attached hydrogens (primary N) is 1. The number of carbonyl (C=O) groups excluding carboxylic acids is 2. The molecule has 2 aromatic rings. The van der Waals surface area contributed by atoms with Gasteiger partial charge in [-0.3, -0.25) is 14.5 Å². The molecule has 1 aliphatic rings. The summed E-state index contributed by atoms with van der Waals surface area (Å²) < 4.78 is 5.81. The van der Waals surface area contributed by atoms with Crippen molar-refractivity contribution in [3.8, 4) is 0 Å². The van der Waals surface area contributed by atoms with Crippen molar-refractivity contribution in [1.29, 1.82) is 0 Å². The fourth-order valence-corrected chi connectivity index (χ4v) is 3.12. The molecule has 2 atom stereocenters. The van der Waals surface area contributed by atoms with Gasteiger partial charge in [0.25, 0.3) is 0 Å². The van der Waals surface area contributed by atoms with Crippen molar-refractivity contribution in [2.24, 2.45) is 5.73 Å². The Morgan fingerprint density at radius 1 is 1.12 bits per heavy atom. The number of amides is 2. The molecule has 2 heterocycles. The molecule has 0 bridgehead atoms. The van der Waals surface area contributed by atoms with Crippen molar-refractivity contribution in [2.45, 2.75) is 25.8 Å². The van der Waals surface area contributed by atoms with Gasteiger partial charge in [0.1, 0.15) is 11.3 Å². The Labute approximate surface area is 141 Å². The van der Waals surface area contributed by atoms with Gasteiger partial charge in [-0.15, -0.1) is 0 Å². The van der Waals surface area contributed by atoms with Crippen LogP contribution in [0.15, 0.2) is 34.7 Å². The van der Waals surface area contributed by atoms with Crippen molar-refractivity contribution < 1.29 is 14.0 Å². The number of nitrogens with zero attached hydrogens (tertiary/aromatic N) is 2. The second-order valence-corrected chi connectivity index (χ2v) is 6.35. The average molecular weight is 329 g/mol. The Morgan fingerprint density at radius 2 is 1.79 bits per heavy atom. The summed E-state index contributed by atoms with van der Waals surface area (Å²) in [5.74, 6) is 0.0949. The van der Waals surface area contributed by atoms with Crippen LogP contribution in [0.4, 0.5) is 0 Å². The fraction of sp³-hybridized carbons (Fsp3) is 0.444. The topological polar surface area (TPSA) is 79.8 Å². The number of furan rings is 1. The summed E-state index contributed by atoms with van der Waals surface area (Å²) in [5, 5.41) is 1.01. The molecule has 128 valence electrons. The van der Waals surface area contributed by atoms with Gasteiger partial charge in [-0.05, 0) is 26.0 Å². The first kappa shape index (κ1) is 16.5. The molecular weight excluding hydrogens is 306 g/mol. The minimum absolute atomic E-state index is 0.0560. The molecule has 6 nitrogen and oxygen atoms in total. The number of rotatable bonds is 4. The Morgan fingerprint density at radius 3 is 2.42 bits per heavy atom. The number of piperazine rings is 1. The monoisotopic (exact) mass is 329 g/mol. The van der Waals surface area contributed by atoms with Gasteiger partial charge in [0.05, 0.1) is 12.0 Å². The maximum Gasteiger partial charge on any atom is 0.234 e. The van der Waals surface area contributed by atoms with Crippen LogP contribution in [-0.4, -0.2) is 53.8 Å². The van der Waals surface area contributed by atoms with Crippen molar-refractivity contribution in [1.82, 2.24) is 9.80 Å². The zero-order chi connectivity index (χ0) is 17.3. The van der Waals surface area contributed by atoms with Crippen molar-refractivity contribution in [2.75, 3.05) is 26.2 Å². The predicted molar refractivity (Wildman–Crippen MR) is 91.4 cm³/mol. The second-order valence-electron chi connectivity index (χ2n) is 6.35. The predicted octanol–water partition coefficient (Wildman–Crippen LogP) is 1.55. The van der Waals surface area contributed by atoms with E-state index in [1.807, 2.05) is 47.1 Å². The van der Waals surface area contributed by atoms with Crippen LogP contribution in [0.25, 0.3) is 11.0 Å². The smallest absolute Gasteiger partial charge is 0.234 e. The highest BCUT2D eigenvalue weighted by atomic mass is 16.3. The lowest BCUT2D eigenvalue weighted by atomic mass is 10.1. The van der Waals surface area contributed by atoms with Crippen molar-refractivity contribution >= 4 is 22.8 Å².